The Morgan fingerprint density at radius 2 is 2.04 bits per heavy atom. The summed E-state index contributed by atoms with van der Waals surface area (Å²) in [5.74, 6) is -0.749. The number of hydrogen-bond acceptors (Lipinski definition) is 5. The standard InChI is InChI=1S/C17H16FN5O2/c18-14-9-12(23-4-3-11-10-20-17(19)21-15(11)23)1-2-13(14)16(24)22-5-7-25-8-6-22/h1-4,9-10H,5-8H2,(H2,19,20,21). The molecule has 0 radical (unpaired) electrons. The second kappa shape index (κ2) is 6.14. The van der Waals surface area contributed by atoms with E-state index in [1.54, 1.807) is 27.9 Å². The molecule has 0 unspecified atom stereocenters. The first-order chi connectivity index (χ1) is 12.1. The van der Waals surface area contributed by atoms with Gasteiger partial charge in [-0.2, -0.15) is 4.98 Å². The van der Waals surface area contributed by atoms with E-state index < -0.39 is 5.82 Å². The Kier molecular flexibility index (Phi) is 3.81. The Hall–Kier alpha value is -3.00. The Bertz CT molecular complexity index is 949. The lowest BCUT2D eigenvalue weighted by Crippen LogP contribution is -2.41. The number of rotatable bonds is 2. The molecule has 1 fully saturated rings. The van der Waals surface area contributed by atoms with E-state index in [9.17, 15) is 9.18 Å². The number of halogens is 1. The van der Waals surface area contributed by atoms with Crippen LogP contribution in [0.25, 0.3) is 16.7 Å². The largest absolute Gasteiger partial charge is 0.378 e. The van der Waals surface area contributed by atoms with E-state index in [1.165, 1.54) is 12.1 Å². The van der Waals surface area contributed by atoms with Crippen molar-refractivity contribution in [2.45, 2.75) is 0 Å². The van der Waals surface area contributed by atoms with Gasteiger partial charge in [-0.25, -0.2) is 9.37 Å². The lowest BCUT2D eigenvalue weighted by atomic mass is 10.1. The van der Waals surface area contributed by atoms with Gasteiger partial charge in [-0.15, -0.1) is 0 Å². The Morgan fingerprint density at radius 1 is 1.24 bits per heavy atom. The van der Waals surface area contributed by atoms with Gasteiger partial charge in [-0.1, -0.05) is 0 Å². The smallest absolute Gasteiger partial charge is 0.256 e. The van der Waals surface area contributed by atoms with Crippen molar-refractivity contribution in [3.8, 4) is 5.69 Å². The van der Waals surface area contributed by atoms with Gasteiger partial charge in [0.25, 0.3) is 5.91 Å². The average molecular weight is 341 g/mol. The molecular weight excluding hydrogens is 325 g/mol. The number of morpholine rings is 1. The predicted octanol–water partition coefficient (Wildman–Crippen LogP) is 1.61. The van der Waals surface area contributed by atoms with Crippen LogP contribution in [0, 0.1) is 5.82 Å². The minimum absolute atomic E-state index is 0.0521. The molecule has 0 saturated carbocycles. The highest BCUT2D eigenvalue weighted by atomic mass is 19.1. The van der Waals surface area contributed by atoms with E-state index in [0.29, 0.717) is 37.6 Å². The molecule has 1 saturated heterocycles. The van der Waals surface area contributed by atoms with E-state index in [4.69, 9.17) is 10.5 Å². The van der Waals surface area contributed by atoms with Crippen molar-refractivity contribution >= 4 is 22.9 Å². The molecule has 1 amide bonds. The van der Waals surface area contributed by atoms with Gasteiger partial charge < -0.3 is 19.9 Å². The van der Waals surface area contributed by atoms with Crippen LogP contribution >= 0.6 is 0 Å². The zero-order valence-corrected chi connectivity index (χ0v) is 13.4. The van der Waals surface area contributed by atoms with Crippen molar-refractivity contribution < 1.29 is 13.9 Å². The fourth-order valence-corrected chi connectivity index (χ4v) is 2.90. The molecule has 3 heterocycles. The molecule has 0 spiro atoms. The van der Waals surface area contributed by atoms with Crippen molar-refractivity contribution in [1.82, 2.24) is 19.4 Å². The van der Waals surface area contributed by atoms with Crippen molar-refractivity contribution in [2.24, 2.45) is 0 Å². The maximum atomic E-state index is 14.6. The summed E-state index contributed by atoms with van der Waals surface area (Å²) in [5.41, 5.74) is 6.83. The zero-order valence-electron chi connectivity index (χ0n) is 13.4. The number of carbonyl (C=O) groups excluding carboxylic acids is 1. The highest BCUT2D eigenvalue weighted by molar-refractivity contribution is 5.95. The Morgan fingerprint density at radius 3 is 2.80 bits per heavy atom. The second-order valence-electron chi connectivity index (χ2n) is 5.76. The summed E-state index contributed by atoms with van der Waals surface area (Å²) in [5, 5.41) is 0.795. The molecule has 128 valence electrons. The molecule has 3 aromatic rings. The maximum absolute atomic E-state index is 14.6. The highest BCUT2D eigenvalue weighted by Gasteiger charge is 2.21. The van der Waals surface area contributed by atoms with E-state index in [-0.39, 0.29) is 17.4 Å². The lowest BCUT2D eigenvalue weighted by Gasteiger charge is -2.27. The van der Waals surface area contributed by atoms with Crippen LogP contribution in [0.5, 0.6) is 0 Å². The summed E-state index contributed by atoms with van der Waals surface area (Å²) in [4.78, 5) is 22.2. The molecule has 2 aromatic heterocycles. The van der Waals surface area contributed by atoms with Crippen LogP contribution in [-0.2, 0) is 4.74 Å². The number of anilines is 1. The number of carbonyl (C=O) groups is 1. The van der Waals surface area contributed by atoms with Crippen LogP contribution < -0.4 is 5.73 Å². The van der Waals surface area contributed by atoms with Gasteiger partial charge >= 0.3 is 0 Å². The summed E-state index contributed by atoms with van der Waals surface area (Å²) < 4.78 is 21.5. The third-order valence-electron chi connectivity index (χ3n) is 4.21. The minimum Gasteiger partial charge on any atom is -0.378 e. The van der Waals surface area contributed by atoms with E-state index >= 15 is 0 Å². The van der Waals surface area contributed by atoms with Crippen LogP contribution in [0.2, 0.25) is 0 Å². The number of nitrogens with zero attached hydrogens (tertiary/aromatic N) is 4. The summed E-state index contributed by atoms with van der Waals surface area (Å²) in [7, 11) is 0. The third-order valence-corrected chi connectivity index (χ3v) is 4.21. The quantitative estimate of drug-likeness (QED) is 0.765. The molecule has 7 nitrogen and oxygen atoms in total. The van der Waals surface area contributed by atoms with Crippen LogP contribution in [0.1, 0.15) is 10.4 Å². The van der Waals surface area contributed by atoms with Crippen molar-refractivity contribution in [3.05, 3.63) is 48.0 Å². The van der Waals surface area contributed by atoms with Crippen molar-refractivity contribution in [3.63, 3.8) is 0 Å². The van der Waals surface area contributed by atoms with Gasteiger partial charge in [0.05, 0.1) is 18.8 Å². The first-order valence-electron chi connectivity index (χ1n) is 7.90. The predicted molar refractivity (Wildman–Crippen MR) is 90.0 cm³/mol. The SMILES string of the molecule is Nc1ncc2ccn(-c3ccc(C(=O)N4CCOCC4)c(F)c3)c2n1. The maximum Gasteiger partial charge on any atom is 0.256 e. The van der Waals surface area contributed by atoms with E-state index in [1.807, 2.05) is 6.07 Å². The van der Waals surface area contributed by atoms with E-state index in [2.05, 4.69) is 9.97 Å². The van der Waals surface area contributed by atoms with Crippen LogP contribution in [0.3, 0.4) is 0 Å². The van der Waals surface area contributed by atoms with Crippen LogP contribution in [0.4, 0.5) is 10.3 Å². The molecule has 4 rings (SSSR count). The Labute approximate surface area is 142 Å². The van der Waals surface area contributed by atoms with Gasteiger partial charge in [0, 0.05) is 36.6 Å². The number of nitrogens with two attached hydrogens (primary N) is 1. The number of nitrogen functional groups attached to an aromatic ring is 1. The summed E-state index contributed by atoms with van der Waals surface area (Å²) in [6.07, 6.45) is 3.37. The van der Waals surface area contributed by atoms with Gasteiger partial charge in [0.2, 0.25) is 5.95 Å². The first-order valence-corrected chi connectivity index (χ1v) is 7.90. The fourth-order valence-electron chi connectivity index (χ4n) is 2.90. The molecule has 0 atom stereocenters. The van der Waals surface area contributed by atoms with Gasteiger partial charge in [-0.3, -0.25) is 4.79 Å². The fraction of sp³-hybridized carbons (Fsp3) is 0.235. The van der Waals surface area contributed by atoms with Gasteiger partial charge in [0.1, 0.15) is 11.5 Å². The van der Waals surface area contributed by atoms with E-state index in [0.717, 1.165) is 5.39 Å². The number of benzene rings is 1. The summed E-state index contributed by atoms with van der Waals surface area (Å²) >= 11 is 0. The molecule has 25 heavy (non-hydrogen) atoms. The average Bonchev–Trinajstić information content (AvgIpc) is 3.05. The minimum atomic E-state index is -0.571. The molecule has 8 heteroatoms. The van der Waals surface area contributed by atoms with Crippen molar-refractivity contribution in [1.29, 1.82) is 0 Å². The zero-order chi connectivity index (χ0) is 17.4. The monoisotopic (exact) mass is 341 g/mol. The molecule has 0 aliphatic carbocycles. The topological polar surface area (TPSA) is 86.3 Å². The first kappa shape index (κ1) is 15.5. The molecule has 0 bridgehead atoms. The third kappa shape index (κ3) is 2.80. The molecular formula is C17H16FN5O2. The number of aromatic nitrogens is 3. The number of amides is 1. The summed E-state index contributed by atoms with van der Waals surface area (Å²) in [6, 6.07) is 6.33. The number of fused-ring (bicyclic) bond motifs is 1. The Balaban J connectivity index is 1.69. The molecule has 2 N–H and O–H groups in total. The van der Waals surface area contributed by atoms with Crippen molar-refractivity contribution in [2.75, 3.05) is 32.0 Å². The summed E-state index contributed by atoms with van der Waals surface area (Å²) in [6.45, 7) is 1.89. The molecule has 1 aliphatic rings. The molecule has 1 aliphatic heterocycles. The highest BCUT2D eigenvalue weighted by Crippen LogP contribution is 2.21. The van der Waals surface area contributed by atoms with Gasteiger partial charge in [-0.05, 0) is 24.3 Å². The lowest BCUT2D eigenvalue weighted by molar-refractivity contribution is 0.0300. The number of ether oxygens (including phenoxy) is 1. The van der Waals surface area contributed by atoms with Crippen LogP contribution in [0.15, 0.2) is 36.7 Å². The number of hydrogen-bond donors (Lipinski definition) is 1. The normalized spacial score (nSPS) is 14.8. The van der Waals surface area contributed by atoms with Gasteiger partial charge in [0.15, 0.2) is 0 Å². The molecule has 1 aromatic carbocycles. The van der Waals surface area contributed by atoms with Crippen LogP contribution in [-0.4, -0.2) is 51.6 Å². The second-order valence-corrected chi connectivity index (χ2v) is 5.76.